The van der Waals surface area contributed by atoms with Crippen LogP contribution in [0.15, 0.2) is 0 Å². The maximum atomic E-state index is 12.3. The van der Waals surface area contributed by atoms with Crippen LogP contribution in [0.5, 0.6) is 0 Å². The summed E-state index contributed by atoms with van der Waals surface area (Å²) in [6.45, 7) is 2.19. The third kappa shape index (κ3) is 3.28. The number of nitrogens with zero attached hydrogens (tertiary/aromatic N) is 1. The fourth-order valence-electron chi connectivity index (χ4n) is 3.05. The van der Waals surface area contributed by atoms with Gasteiger partial charge in [0.2, 0.25) is 10.0 Å². The van der Waals surface area contributed by atoms with Crippen molar-refractivity contribution >= 4 is 16.0 Å². The molecule has 0 aromatic heterocycles. The molecule has 5 nitrogen and oxygen atoms in total. The molecule has 0 aromatic carbocycles. The predicted molar refractivity (Wildman–Crippen MR) is 72.3 cm³/mol. The van der Waals surface area contributed by atoms with Gasteiger partial charge in [-0.1, -0.05) is 19.3 Å². The lowest BCUT2D eigenvalue weighted by Crippen LogP contribution is -2.49. The highest BCUT2D eigenvalue weighted by Gasteiger charge is 2.38. The number of piperidine rings is 1. The minimum absolute atomic E-state index is 0.175. The van der Waals surface area contributed by atoms with Crippen LogP contribution in [-0.4, -0.2) is 42.1 Å². The number of carbonyl (C=O) groups is 1. The first kappa shape index (κ1) is 14.8. The van der Waals surface area contributed by atoms with Gasteiger partial charge in [0, 0.05) is 12.6 Å². The molecule has 2 fully saturated rings. The molecule has 110 valence electrons. The smallest absolute Gasteiger partial charge is 0.308 e. The number of aliphatic carboxylic acids is 1. The molecule has 0 aromatic rings. The van der Waals surface area contributed by atoms with Gasteiger partial charge < -0.3 is 5.11 Å². The van der Waals surface area contributed by atoms with E-state index < -0.39 is 28.0 Å². The first-order valence-electron chi connectivity index (χ1n) is 7.14. The largest absolute Gasteiger partial charge is 0.481 e. The molecule has 1 aliphatic carbocycles. The quantitative estimate of drug-likeness (QED) is 0.835. The Morgan fingerprint density at radius 1 is 1.26 bits per heavy atom. The van der Waals surface area contributed by atoms with Crippen LogP contribution in [0.2, 0.25) is 0 Å². The minimum Gasteiger partial charge on any atom is -0.481 e. The summed E-state index contributed by atoms with van der Waals surface area (Å²) in [6, 6.07) is -0.419. The van der Waals surface area contributed by atoms with Crippen molar-refractivity contribution in [3.8, 4) is 0 Å². The van der Waals surface area contributed by atoms with E-state index in [-0.39, 0.29) is 5.75 Å². The van der Waals surface area contributed by atoms with Gasteiger partial charge in [0.05, 0.1) is 11.7 Å². The van der Waals surface area contributed by atoms with Crippen LogP contribution in [-0.2, 0) is 14.8 Å². The Kier molecular flexibility index (Phi) is 4.50. The Bertz CT molecular complexity index is 430. The molecule has 1 heterocycles. The Balaban J connectivity index is 1.99. The molecule has 1 saturated carbocycles. The first-order valence-corrected chi connectivity index (χ1v) is 8.75. The molecule has 2 atom stereocenters. The maximum Gasteiger partial charge on any atom is 0.308 e. The number of sulfonamides is 1. The van der Waals surface area contributed by atoms with Crippen LogP contribution in [0.25, 0.3) is 0 Å². The van der Waals surface area contributed by atoms with E-state index >= 15 is 0 Å². The minimum atomic E-state index is -3.30. The second-order valence-corrected chi connectivity index (χ2v) is 7.88. The normalized spacial score (nSPS) is 29.9. The fraction of sp³-hybridized carbons (Fsp3) is 0.923. The van der Waals surface area contributed by atoms with Crippen molar-refractivity contribution in [2.24, 2.45) is 11.8 Å². The van der Waals surface area contributed by atoms with Gasteiger partial charge in [0.25, 0.3) is 0 Å². The number of hydrogen-bond donors (Lipinski definition) is 1. The lowest BCUT2D eigenvalue weighted by molar-refractivity contribution is -0.144. The third-order valence-electron chi connectivity index (χ3n) is 4.61. The predicted octanol–water partition coefficient (Wildman–Crippen LogP) is 1.69. The molecule has 0 spiro atoms. The first-order chi connectivity index (χ1) is 8.92. The Morgan fingerprint density at radius 3 is 2.47 bits per heavy atom. The monoisotopic (exact) mass is 289 g/mol. The fourth-order valence-corrected chi connectivity index (χ4v) is 4.98. The van der Waals surface area contributed by atoms with Gasteiger partial charge in [0.15, 0.2) is 0 Å². The third-order valence-corrected chi connectivity index (χ3v) is 6.59. The second-order valence-electron chi connectivity index (χ2n) is 5.84. The van der Waals surface area contributed by atoms with Gasteiger partial charge in [-0.15, -0.1) is 0 Å². The van der Waals surface area contributed by atoms with E-state index in [1.54, 1.807) is 6.92 Å². The maximum absolute atomic E-state index is 12.3. The molecule has 6 heteroatoms. The highest BCUT2D eigenvalue weighted by Crippen LogP contribution is 2.31. The lowest BCUT2D eigenvalue weighted by Gasteiger charge is -2.37. The van der Waals surface area contributed by atoms with E-state index in [0.29, 0.717) is 25.3 Å². The summed E-state index contributed by atoms with van der Waals surface area (Å²) in [5, 5.41) is 9.14. The van der Waals surface area contributed by atoms with Crippen molar-refractivity contribution in [3.63, 3.8) is 0 Å². The zero-order valence-corrected chi connectivity index (χ0v) is 12.2. The molecule has 0 radical (unpaired) electrons. The molecule has 0 bridgehead atoms. The zero-order valence-electron chi connectivity index (χ0n) is 11.4. The zero-order chi connectivity index (χ0) is 14.0. The summed E-state index contributed by atoms with van der Waals surface area (Å²) in [7, 11) is -3.30. The van der Waals surface area contributed by atoms with Crippen molar-refractivity contribution in [2.75, 3.05) is 12.3 Å². The van der Waals surface area contributed by atoms with Crippen molar-refractivity contribution in [2.45, 2.75) is 51.5 Å². The van der Waals surface area contributed by atoms with Crippen LogP contribution >= 0.6 is 0 Å². The van der Waals surface area contributed by atoms with E-state index in [4.69, 9.17) is 5.11 Å². The molecule has 2 aliphatic rings. The van der Waals surface area contributed by atoms with E-state index in [1.165, 1.54) is 10.7 Å². The summed E-state index contributed by atoms with van der Waals surface area (Å²) in [4.78, 5) is 11.1. The highest BCUT2D eigenvalue weighted by atomic mass is 32.2. The van der Waals surface area contributed by atoms with Gasteiger partial charge in [-0.25, -0.2) is 8.42 Å². The van der Waals surface area contributed by atoms with Gasteiger partial charge in [-0.05, 0) is 32.1 Å². The van der Waals surface area contributed by atoms with Crippen molar-refractivity contribution < 1.29 is 18.3 Å². The molecule has 0 unspecified atom stereocenters. The molecule has 1 N–H and O–H groups in total. The summed E-state index contributed by atoms with van der Waals surface area (Å²) in [5.41, 5.74) is 0. The second kappa shape index (κ2) is 5.79. The summed E-state index contributed by atoms with van der Waals surface area (Å²) >= 11 is 0. The molecular weight excluding hydrogens is 266 g/mol. The van der Waals surface area contributed by atoms with Gasteiger partial charge in [0.1, 0.15) is 0 Å². The van der Waals surface area contributed by atoms with E-state index in [2.05, 4.69) is 0 Å². The SMILES string of the molecule is C[C@@H]1[C@H](C(=O)O)CCCN1S(=O)(=O)CCC1CCC1. The van der Waals surface area contributed by atoms with Crippen molar-refractivity contribution in [1.29, 1.82) is 0 Å². The Morgan fingerprint density at radius 2 is 1.95 bits per heavy atom. The molecular formula is C13H23NO4S. The Labute approximate surface area is 115 Å². The highest BCUT2D eigenvalue weighted by molar-refractivity contribution is 7.89. The van der Waals surface area contributed by atoms with E-state index in [0.717, 1.165) is 19.3 Å². The molecule has 19 heavy (non-hydrogen) atoms. The van der Waals surface area contributed by atoms with Crippen LogP contribution in [0.4, 0.5) is 0 Å². The molecule has 2 rings (SSSR count). The molecule has 1 saturated heterocycles. The van der Waals surface area contributed by atoms with Gasteiger partial charge in [-0.2, -0.15) is 4.31 Å². The average Bonchev–Trinajstić information content (AvgIpc) is 2.26. The summed E-state index contributed by atoms with van der Waals surface area (Å²) < 4.78 is 26.1. The molecule has 1 aliphatic heterocycles. The van der Waals surface area contributed by atoms with Gasteiger partial charge in [-0.3, -0.25) is 4.79 Å². The Hall–Kier alpha value is -0.620. The van der Waals surface area contributed by atoms with Crippen molar-refractivity contribution in [3.05, 3.63) is 0 Å². The average molecular weight is 289 g/mol. The van der Waals surface area contributed by atoms with E-state index in [9.17, 15) is 13.2 Å². The topological polar surface area (TPSA) is 74.7 Å². The van der Waals surface area contributed by atoms with Crippen LogP contribution in [0.1, 0.15) is 45.4 Å². The lowest BCUT2D eigenvalue weighted by atomic mass is 9.84. The number of rotatable bonds is 5. The standard InChI is InChI=1S/C13H23NO4S/c1-10-12(13(15)16)6-3-8-14(10)19(17,18)9-7-11-4-2-5-11/h10-12H,2-9H2,1H3,(H,15,16)/t10-,12-/m1/s1. The van der Waals surface area contributed by atoms with Gasteiger partial charge >= 0.3 is 5.97 Å². The summed E-state index contributed by atoms with van der Waals surface area (Å²) in [5.74, 6) is -0.710. The number of hydrogen-bond acceptors (Lipinski definition) is 3. The van der Waals surface area contributed by atoms with Crippen LogP contribution in [0, 0.1) is 11.8 Å². The number of carboxylic acids is 1. The number of carboxylic acid groups (broad SMARTS) is 1. The van der Waals surface area contributed by atoms with Crippen molar-refractivity contribution in [1.82, 2.24) is 4.31 Å². The molecule has 0 amide bonds. The van der Waals surface area contributed by atoms with Crippen LogP contribution < -0.4 is 0 Å². The van der Waals surface area contributed by atoms with Crippen LogP contribution in [0.3, 0.4) is 0 Å². The summed E-state index contributed by atoms with van der Waals surface area (Å²) in [6.07, 6.45) is 5.44. The van der Waals surface area contributed by atoms with E-state index in [1.807, 2.05) is 0 Å².